The van der Waals surface area contributed by atoms with Gasteiger partial charge in [-0.15, -0.1) is 0 Å². The highest BCUT2D eigenvalue weighted by Crippen LogP contribution is 2.32. The van der Waals surface area contributed by atoms with Gasteiger partial charge in [-0.3, -0.25) is 4.90 Å². The molecule has 1 N–H and O–H groups in total. The molecule has 1 aromatic carbocycles. The Balaban J connectivity index is 1.69. The molecule has 0 atom stereocenters. The molecule has 2 aliphatic rings. The topological polar surface area (TPSA) is 15.3 Å². The van der Waals surface area contributed by atoms with Gasteiger partial charge in [0.15, 0.2) is 0 Å². The molecule has 1 aromatic rings. The number of hydrogen-bond donors (Lipinski definition) is 1. The first-order valence-electron chi connectivity index (χ1n) is 7.39. The molecule has 2 fully saturated rings. The Hall–Kier alpha value is -0.570. The quantitative estimate of drug-likeness (QED) is 0.892. The highest BCUT2D eigenvalue weighted by Gasteiger charge is 2.37. The first-order chi connectivity index (χ1) is 9.17. The Labute approximate surface area is 121 Å². The van der Waals surface area contributed by atoms with Gasteiger partial charge in [-0.25, -0.2) is 0 Å². The van der Waals surface area contributed by atoms with E-state index in [1.807, 2.05) is 0 Å². The standard InChI is InChI=1S/C16H23ClN2/c1-13-4-5-14(15(17)10-13)11-19-9-8-18-16(12-19)6-2-3-7-16/h4-5,10,18H,2-3,6-9,11-12H2,1H3. The van der Waals surface area contributed by atoms with Crippen LogP contribution in [0, 0.1) is 6.92 Å². The molecule has 104 valence electrons. The Morgan fingerprint density at radius 3 is 2.84 bits per heavy atom. The molecular weight excluding hydrogens is 256 g/mol. The lowest BCUT2D eigenvalue weighted by atomic mass is 9.94. The molecule has 0 bridgehead atoms. The Kier molecular flexibility index (Phi) is 3.84. The highest BCUT2D eigenvalue weighted by molar-refractivity contribution is 6.31. The van der Waals surface area contributed by atoms with Crippen molar-refractivity contribution in [2.24, 2.45) is 0 Å². The number of nitrogens with zero attached hydrogens (tertiary/aromatic N) is 1. The fourth-order valence-corrected chi connectivity index (χ4v) is 3.88. The molecule has 1 spiro atoms. The lowest BCUT2D eigenvalue weighted by molar-refractivity contribution is 0.129. The molecular formula is C16H23ClN2. The van der Waals surface area contributed by atoms with Crippen LogP contribution in [-0.4, -0.2) is 30.1 Å². The number of aryl methyl sites for hydroxylation is 1. The molecule has 0 unspecified atom stereocenters. The summed E-state index contributed by atoms with van der Waals surface area (Å²) in [5.74, 6) is 0. The van der Waals surface area contributed by atoms with E-state index in [4.69, 9.17) is 11.6 Å². The molecule has 2 nitrogen and oxygen atoms in total. The van der Waals surface area contributed by atoms with Crippen molar-refractivity contribution in [3.05, 3.63) is 34.3 Å². The average Bonchev–Trinajstić information content (AvgIpc) is 2.81. The largest absolute Gasteiger partial charge is 0.309 e. The summed E-state index contributed by atoms with van der Waals surface area (Å²) >= 11 is 6.36. The monoisotopic (exact) mass is 278 g/mol. The normalized spacial score (nSPS) is 23.1. The fraction of sp³-hybridized carbons (Fsp3) is 0.625. The summed E-state index contributed by atoms with van der Waals surface area (Å²) in [5, 5.41) is 4.68. The minimum atomic E-state index is 0.398. The summed E-state index contributed by atoms with van der Waals surface area (Å²) in [4.78, 5) is 2.57. The maximum atomic E-state index is 6.36. The molecule has 0 amide bonds. The summed E-state index contributed by atoms with van der Waals surface area (Å²) in [6, 6.07) is 6.42. The Morgan fingerprint density at radius 1 is 1.32 bits per heavy atom. The Morgan fingerprint density at radius 2 is 2.11 bits per heavy atom. The molecule has 0 aromatic heterocycles. The summed E-state index contributed by atoms with van der Waals surface area (Å²) in [6.07, 6.45) is 5.44. The summed E-state index contributed by atoms with van der Waals surface area (Å²) in [7, 11) is 0. The number of halogens is 1. The van der Waals surface area contributed by atoms with Gasteiger partial charge in [0.25, 0.3) is 0 Å². The van der Waals surface area contributed by atoms with Gasteiger partial charge in [0.1, 0.15) is 0 Å². The van der Waals surface area contributed by atoms with Gasteiger partial charge < -0.3 is 5.32 Å². The van der Waals surface area contributed by atoms with E-state index in [1.54, 1.807) is 0 Å². The lowest BCUT2D eigenvalue weighted by Gasteiger charge is -2.41. The van der Waals surface area contributed by atoms with Crippen LogP contribution in [0.5, 0.6) is 0 Å². The third-order valence-corrected chi connectivity index (χ3v) is 4.97. The zero-order chi connectivity index (χ0) is 13.3. The third kappa shape index (κ3) is 2.96. The Bertz CT molecular complexity index is 452. The van der Waals surface area contributed by atoms with Crippen molar-refractivity contribution in [2.45, 2.75) is 44.7 Å². The second-order valence-corrected chi connectivity index (χ2v) is 6.63. The van der Waals surface area contributed by atoms with Crippen molar-refractivity contribution in [3.63, 3.8) is 0 Å². The second-order valence-electron chi connectivity index (χ2n) is 6.22. The number of rotatable bonds is 2. The average molecular weight is 279 g/mol. The summed E-state index contributed by atoms with van der Waals surface area (Å²) in [6.45, 7) is 6.50. The molecule has 19 heavy (non-hydrogen) atoms. The van der Waals surface area contributed by atoms with Crippen LogP contribution in [0.25, 0.3) is 0 Å². The summed E-state index contributed by atoms with van der Waals surface area (Å²) in [5.41, 5.74) is 2.90. The van der Waals surface area contributed by atoms with Crippen LogP contribution in [0.3, 0.4) is 0 Å². The minimum absolute atomic E-state index is 0.398. The molecule has 1 aliphatic carbocycles. The minimum Gasteiger partial charge on any atom is -0.309 e. The number of hydrogen-bond acceptors (Lipinski definition) is 2. The maximum Gasteiger partial charge on any atom is 0.0453 e. The fourth-order valence-electron chi connectivity index (χ4n) is 3.59. The number of piperazine rings is 1. The molecule has 1 saturated carbocycles. The van der Waals surface area contributed by atoms with Crippen LogP contribution < -0.4 is 5.32 Å². The second kappa shape index (κ2) is 5.43. The predicted molar refractivity (Wildman–Crippen MR) is 80.7 cm³/mol. The van der Waals surface area contributed by atoms with Crippen molar-refractivity contribution >= 4 is 11.6 Å². The van der Waals surface area contributed by atoms with Crippen LogP contribution in [0.4, 0.5) is 0 Å². The molecule has 1 saturated heterocycles. The molecule has 3 rings (SSSR count). The molecule has 0 radical (unpaired) electrons. The van der Waals surface area contributed by atoms with E-state index in [-0.39, 0.29) is 0 Å². The predicted octanol–water partition coefficient (Wildman–Crippen LogP) is 3.37. The van der Waals surface area contributed by atoms with Crippen molar-refractivity contribution in [3.8, 4) is 0 Å². The first kappa shape index (κ1) is 13.4. The van der Waals surface area contributed by atoms with Gasteiger partial charge in [-0.2, -0.15) is 0 Å². The zero-order valence-electron chi connectivity index (χ0n) is 11.7. The van der Waals surface area contributed by atoms with Crippen molar-refractivity contribution in [1.82, 2.24) is 10.2 Å². The maximum absolute atomic E-state index is 6.36. The lowest BCUT2D eigenvalue weighted by Crippen LogP contribution is -2.58. The highest BCUT2D eigenvalue weighted by atomic mass is 35.5. The van der Waals surface area contributed by atoms with Crippen LogP contribution in [0.15, 0.2) is 18.2 Å². The smallest absolute Gasteiger partial charge is 0.0453 e. The van der Waals surface area contributed by atoms with Gasteiger partial charge >= 0.3 is 0 Å². The van der Waals surface area contributed by atoms with E-state index in [9.17, 15) is 0 Å². The van der Waals surface area contributed by atoms with Gasteiger partial charge in [0.05, 0.1) is 0 Å². The SMILES string of the molecule is Cc1ccc(CN2CCNC3(CCCC3)C2)c(Cl)c1. The van der Waals surface area contributed by atoms with Crippen molar-refractivity contribution < 1.29 is 0 Å². The van der Waals surface area contributed by atoms with E-state index in [1.165, 1.54) is 43.4 Å². The zero-order valence-corrected chi connectivity index (χ0v) is 12.5. The van der Waals surface area contributed by atoms with Crippen LogP contribution in [0.2, 0.25) is 5.02 Å². The number of benzene rings is 1. The van der Waals surface area contributed by atoms with Crippen LogP contribution in [-0.2, 0) is 6.54 Å². The van der Waals surface area contributed by atoms with E-state index in [0.29, 0.717) is 5.54 Å². The van der Waals surface area contributed by atoms with Crippen LogP contribution >= 0.6 is 11.6 Å². The van der Waals surface area contributed by atoms with Crippen molar-refractivity contribution in [2.75, 3.05) is 19.6 Å². The van der Waals surface area contributed by atoms with E-state index in [0.717, 1.165) is 24.7 Å². The van der Waals surface area contributed by atoms with E-state index in [2.05, 4.69) is 35.3 Å². The van der Waals surface area contributed by atoms with Gasteiger partial charge in [0.2, 0.25) is 0 Å². The molecule has 1 aliphatic heterocycles. The van der Waals surface area contributed by atoms with Gasteiger partial charge in [-0.1, -0.05) is 36.6 Å². The van der Waals surface area contributed by atoms with E-state index < -0.39 is 0 Å². The molecule has 3 heteroatoms. The third-order valence-electron chi connectivity index (χ3n) is 4.62. The van der Waals surface area contributed by atoms with Gasteiger partial charge in [0, 0.05) is 36.7 Å². The van der Waals surface area contributed by atoms with Crippen LogP contribution in [0.1, 0.15) is 36.8 Å². The van der Waals surface area contributed by atoms with Gasteiger partial charge in [-0.05, 0) is 37.0 Å². The van der Waals surface area contributed by atoms with E-state index >= 15 is 0 Å². The molecule has 1 heterocycles. The first-order valence-corrected chi connectivity index (χ1v) is 7.77. The van der Waals surface area contributed by atoms with Crippen molar-refractivity contribution in [1.29, 1.82) is 0 Å². The number of nitrogens with one attached hydrogen (secondary N) is 1. The summed E-state index contributed by atoms with van der Waals surface area (Å²) < 4.78 is 0.